The first-order valence-corrected chi connectivity index (χ1v) is 7.75. The average Bonchev–Trinajstić information content (AvgIpc) is 2.94. The number of nitrogens with zero attached hydrogens (tertiary/aromatic N) is 2. The van der Waals surface area contributed by atoms with Crippen molar-refractivity contribution in [3.8, 4) is 0 Å². The van der Waals surface area contributed by atoms with E-state index in [2.05, 4.69) is 31.1 Å². The normalized spacial score (nSPS) is 23.9. The number of allylic oxidation sites excluding steroid dienone is 1. The largest absolute Gasteiger partial charge is 0.325 e. The second kappa shape index (κ2) is 4.46. The van der Waals surface area contributed by atoms with Crippen molar-refractivity contribution < 1.29 is 0 Å². The molecule has 2 aromatic heterocycles. The van der Waals surface area contributed by atoms with Gasteiger partial charge in [-0.2, -0.15) is 5.10 Å². The molecule has 3 nitrogen and oxygen atoms in total. The minimum absolute atomic E-state index is 0.0255. The molecule has 0 fully saturated rings. The highest BCUT2D eigenvalue weighted by Gasteiger charge is 2.26. The van der Waals surface area contributed by atoms with Gasteiger partial charge in [0.1, 0.15) is 4.83 Å². The summed E-state index contributed by atoms with van der Waals surface area (Å²) in [7, 11) is 2.02. The van der Waals surface area contributed by atoms with Crippen LogP contribution in [0.1, 0.15) is 43.2 Å². The van der Waals surface area contributed by atoms with Gasteiger partial charge in [-0.15, -0.1) is 11.3 Å². The Hall–Kier alpha value is -1.13. The van der Waals surface area contributed by atoms with E-state index in [0.717, 1.165) is 31.4 Å². The van der Waals surface area contributed by atoms with Crippen molar-refractivity contribution in [1.29, 1.82) is 0 Å². The summed E-state index contributed by atoms with van der Waals surface area (Å²) in [5.74, 6) is 0. The Labute approximate surface area is 118 Å². The number of rotatable bonds is 2. The van der Waals surface area contributed by atoms with Crippen molar-refractivity contribution in [3.05, 3.63) is 22.7 Å². The molecule has 0 radical (unpaired) electrons. The van der Waals surface area contributed by atoms with Crippen LogP contribution in [0.15, 0.2) is 12.1 Å². The maximum Gasteiger partial charge on any atom is 0.121 e. The molecule has 1 aliphatic carbocycles. The molecule has 102 valence electrons. The number of fused-ring (bicyclic) bond motifs is 1. The average molecular weight is 275 g/mol. The molecule has 2 N–H and O–H groups in total. The molecule has 1 unspecified atom stereocenters. The molecule has 2 aromatic rings. The fraction of sp³-hybridized carbons (Fsp3) is 0.533. The molecule has 1 atom stereocenters. The summed E-state index contributed by atoms with van der Waals surface area (Å²) in [5, 5.41) is 5.76. The van der Waals surface area contributed by atoms with Crippen LogP contribution >= 0.6 is 11.3 Å². The van der Waals surface area contributed by atoms with Crippen LogP contribution in [0.3, 0.4) is 0 Å². The van der Waals surface area contributed by atoms with Gasteiger partial charge in [-0.25, -0.2) is 0 Å². The van der Waals surface area contributed by atoms with E-state index in [4.69, 9.17) is 5.73 Å². The van der Waals surface area contributed by atoms with Gasteiger partial charge in [-0.1, -0.05) is 13.0 Å². The maximum atomic E-state index is 6.35. The van der Waals surface area contributed by atoms with Gasteiger partial charge in [0.05, 0.1) is 5.69 Å². The molecule has 0 bridgehead atoms. The van der Waals surface area contributed by atoms with Crippen molar-refractivity contribution in [3.63, 3.8) is 0 Å². The quantitative estimate of drug-likeness (QED) is 0.909. The van der Waals surface area contributed by atoms with Crippen molar-refractivity contribution in [1.82, 2.24) is 9.78 Å². The smallest absolute Gasteiger partial charge is 0.121 e. The lowest BCUT2D eigenvalue weighted by Gasteiger charge is -2.31. The van der Waals surface area contributed by atoms with Crippen molar-refractivity contribution >= 4 is 27.1 Å². The van der Waals surface area contributed by atoms with E-state index in [-0.39, 0.29) is 5.54 Å². The summed E-state index contributed by atoms with van der Waals surface area (Å²) in [6.45, 7) is 4.27. The van der Waals surface area contributed by atoms with E-state index in [1.54, 1.807) is 0 Å². The van der Waals surface area contributed by atoms with Crippen LogP contribution in [0.25, 0.3) is 15.8 Å². The van der Waals surface area contributed by atoms with Crippen LogP contribution in [0.5, 0.6) is 0 Å². The van der Waals surface area contributed by atoms with E-state index in [1.807, 2.05) is 23.1 Å². The SMILES string of the molecule is CCC1(N)CC=C(c2cc3c(C)nn(C)c3s2)CC1. The monoisotopic (exact) mass is 275 g/mol. The molecule has 2 heterocycles. The van der Waals surface area contributed by atoms with Crippen LogP contribution in [0, 0.1) is 6.92 Å². The number of nitrogens with two attached hydrogens (primary N) is 1. The maximum absolute atomic E-state index is 6.35. The molecule has 4 heteroatoms. The van der Waals surface area contributed by atoms with Gasteiger partial charge in [0.2, 0.25) is 0 Å². The second-order valence-corrected chi connectivity index (χ2v) is 6.72. The van der Waals surface area contributed by atoms with Crippen LogP contribution in [-0.2, 0) is 7.05 Å². The number of aromatic nitrogens is 2. The minimum Gasteiger partial charge on any atom is -0.325 e. The number of aryl methyl sites for hydroxylation is 2. The van der Waals surface area contributed by atoms with Gasteiger partial charge in [0.15, 0.2) is 0 Å². The summed E-state index contributed by atoms with van der Waals surface area (Å²) in [6, 6.07) is 2.30. The minimum atomic E-state index is 0.0255. The van der Waals surface area contributed by atoms with E-state index in [1.165, 1.54) is 20.7 Å². The zero-order valence-electron chi connectivity index (χ0n) is 11.9. The van der Waals surface area contributed by atoms with Crippen LogP contribution in [0.4, 0.5) is 0 Å². The lowest BCUT2D eigenvalue weighted by atomic mass is 9.81. The first kappa shape index (κ1) is 12.9. The zero-order valence-corrected chi connectivity index (χ0v) is 12.7. The van der Waals surface area contributed by atoms with E-state index in [9.17, 15) is 0 Å². The molecule has 0 spiro atoms. The highest BCUT2D eigenvalue weighted by molar-refractivity contribution is 7.19. The van der Waals surface area contributed by atoms with Crippen LogP contribution in [-0.4, -0.2) is 15.3 Å². The predicted molar refractivity (Wildman–Crippen MR) is 82.4 cm³/mol. The summed E-state index contributed by atoms with van der Waals surface area (Å²) in [5.41, 5.74) is 8.96. The van der Waals surface area contributed by atoms with Gasteiger partial charge in [-0.3, -0.25) is 4.68 Å². The molecular weight excluding hydrogens is 254 g/mol. The third kappa shape index (κ3) is 2.13. The summed E-state index contributed by atoms with van der Waals surface area (Å²) < 4.78 is 1.99. The Kier molecular flexibility index (Phi) is 3.02. The summed E-state index contributed by atoms with van der Waals surface area (Å²) in [6.07, 6.45) is 6.61. The van der Waals surface area contributed by atoms with E-state index >= 15 is 0 Å². The Morgan fingerprint density at radius 2 is 2.32 bits per heavy atom. The molecule has 1 aliphatic rings. The van der Waals surface area contributed by atoms with Gasteiger partial charge in [0.25, 0.3) is 0 Å². The Morgan fingerprint density at radius 3 is 2.89 bits per heavy atom. The predicted octanol–water partition coefficient (Wildman–Crippen LogP) is 3.62. The number of hydrogen-bond donors (Lipinski definition) is 1. The van der Waals surface area contributed by atoms with Crippen molar-refractivity contribution in [2.45, 2.75) is 45.1 Å². The second-order valence-electron chi connectivity index (χ2n) is 5.69. The third-order valence-electron chi connectivity index (χ3n) is 4.36. The first-order chi connectivity index (χ1) is 9.02. The Morgan fingerprint density at radius 1 is 1.53 bits per heavy atom. The van der Waals surface area contributed by atoms with Crippen molar-refractivity contribution in [2.75, 3.05) is 0 Å². The first-order valence-electron chi connectivity index (χ1n) is 6.94. The van der Waals surface area contributed by atoms with Gasteiger partial charge < -0.3 is 5.73 Å². The van der Waals surface area contributed by atoms with Gasteiger partial charge >= 0.3 is 0 Å². The summed E-state index contributed by atoms with van der Waals surface area (Å²) in [4.78, 5) is 2.66. The van der Waals surface area contributed by atoms with E-state index in [0.29, 0.717) is 0 Å². The van der Waals surface area contributed by atoms with Crippen LogP contribution in [0.2, 0.25) is 0 Å². The molecule has 0 saturated heterocycles. The van der Waals surface area contributed by atoms with Gasteiger partial charge in [0, 0.05) is 22.8 Å². The molecule has 0 amide bonds. The highest BCUT2D eigenvalue weighted by atomic mass is 32.1. The zero-order chi connectivity index (χ0) is 13.6. The molecular formula is C15H21N3S. The van der Waals surface area contributed by atoms with Crippen LogP contribution < -0.4 is 5.73 Å². The molecule has 0 aliphatic heterocycles. The molecule has 19 heavy (non-hydrogen) atoms. The lowest BCUT2D eigenvalue weighted by Crippen LogP contribution is -2.39. The molecule has 0 aromatic carbocycles. The third-order valence-corrected chi connectivity index (χ3v) is 5.64. The number of thiophene rings is 1. The molecule has 3 rings (SSSR count). The lowest BCUT2D eigenvalue weighted by molar-refractivity contribution is 0.379. The fourth-order valence-corrected chi connectivity index (χ4v) is 4.01. The Bertz CT molecular complexity index is 615. The number of hydrogen-bond acceptors (Lipinski definition) is 3. The highest BCUT2D eigenvalue weighted by Crippen LogP contribution is 2.38. The van der Waals surface area contributed by atoms with Crippen molar-refractivity contribution in [2.24, 2.45) is 12.8 Å². The Balaban J connectivity index is 1.95. The van der Waals surface area contributed by atoms with E-state index < -0.39 is 0 Å². The standard InChI is InChI=1S/C15H21N3S/c1-4-15(16)7-5-11(6-8-15)13-9-12-10(2)17-18(3)14(12)19-13/h5,9H,4,6-8,16H2,1-3H3. The fourth-order valence-electron chi connectivity index (χ4n) is 2.82. The topological polar surface area (TPSA) is 43.8 Å². The van der Waals surface area contributed by atoms with Gasteiger partial charge in [-0.05, 0) is 44.2 Å². The summed E-state index contributed by atoms with van der Waals surface area (Å²) >= 11 is 1.85. The molecule has 0 saturated carbocycles.